The van der Waals surface area contributed by atoms with Crippen molar-refractivity contribution in [1.82, 2.24) is 20.9 Å². The topological polar surface area (TPSA) is 73.5 Å². The Morgan fingerprint density at radius 3 is 2.75 bits per heavy atom. The molecule has 0 radical (unpaired) electrons. The second kappa shape index (κ2) is 7.59. The molecule has 0 aromatic heterocycles. The fourth-order valence-electron chi connectivity index (χ4n) is 2.74. The predicted molar refractivity (Wildman–Crippen MR) is 77.3 cm³/mol. The van der Waals surface area contributed by atoms with Crippen LogP contribution >= 0.6 is 0 Å². The van der Waals surface area contributed by atoms with Gasteiger partial charge in [0.05, 0.1) is 6.54 Å². The van der Waals surface area contributed by atoms with Gasteiger partial charge in [-0.3, -0.25) is 14.9 Å². The van der Waals surface area contributed by atoms with E-state index >= 15 is 0 Å². The molecule has 2 rings (SSSR count). The standard InChI is InChI=1S/C14H26N4O2/c1-2-3-6-18-7-4-11(5-8-18)17-14(20)12-9-16-13(19)10-15-12/h11-12,15H,2-10H2,1H3,(H,16,19)(H,17,20). The lowest BCUT2D eigenvalue weighted by molar-refractivity contribution is -0.127. The van der Waals surface area contributed by atoms with E-state index in [9.17, 15) is 9.59 Å². The summed E-state index contributed by atoms with van der Waals surface area (Å²) in [6.07, 6.45) is 4.53. The van der Waals surface area contributed by atoms with Crippen LogP contribution in [0.2, 0.25) is 0 Å². The first-order valence-corrected chi connectivity index (χ1v) is 7.72. The molecule has 0 aromatic carbocycles. The zero-order chi connectivity index (χ0) is 14.4. The number of piperazine rings is 1. The van der Waals surface area contributed by atoms with E-state index in [0.717, 1.165) is 25.9 Å². The fraction of sp³-hybridized carbons (Fsp3) is 0.857. The highest BCUT2D eigenvalue weighted by Gasteiger charge is 2.27. The lowest BCUT2D eigenvalue weighted by atomic mass is 10.0. The first-order chi connectivity index (χ1) is 9.69. The summed E-state index contributed by atoms with van der Waals surface area (Å²) in [6, 6.07) is -0.00868. The Morgan fingerprint density at radius 2 is 2.15 bits per heavy atom. The number of carbonyl (C=O) groups excluding carboxylic acids is 2. The van der Waals surface area contributed by atoms with Gasteiger partial charge in [0.1, 0.15) is 6.04 Å². The highest BCUT2D eigenvalue weighted by molar-refractivity contribution is 5.86. The maximum absolute atomic E-state index is 12.1. The number of unbranched alkanes of at least 4 members (excludes halogenated alkanes) is 1. The lowest BCUT2D eigenvalue weighted by Gasteiger charge is -2.33. The number of rotatable bonds is 5. The van der Waals surface area contributed by atoms with E-state index in [4.69, 9.17) is 0 Å². The van der Waals surface area contributed by atoms with Gasteiger partial charge in [0.25, 0.3) is 0 Å². The summed E-state index contributed by atoms with van der Waals surface area (Å²) in [5, 5.41) is 8.77. The summed E-state index contributed by atoms with van der Waals surface area (Å²) in [6.45, 7) is 6.14. The number of amides is 2. The summed E-state index contributed by atoms with van der Waals surface area (Å²) in [5.74, 6) is -0.0321. The van der Waals surface area contributed by atoms with Gasteiger partial charge in [-0.15, -0.1) is 0 Å². The van der Waals surface area contributed by atoms with Crippen LogP contribution in [0.1, 0.15) is 32.6 Å². The Hall–Kier alpha value is -1.14. The van der Waals surface area contributed by atoms with E-state index in [1.807, 2.05) is 0 Å². The van der Waals surface area contributed by atoms with E-state index in [0.29, 0.717) is 6.54 Å². The third-order valence-corrected chi connectivity index (χ3v) is 4.09. The molecule has 2 aliphatic heterocycles. The van der Waals surface area contributed by atoms with Gasteiger partial charge in [0.15, 0.2) is 0 Å². The Labute approximate surface area is 120 Å². The first-order valence-electron chi connectivity index (χ1n) is 7.72. The molecule has 0 saturated carbocycles. The molecule has 20 heavy (non-hydrogen) atoms. The highest BCUT2D eigenvalue weighted by atomic mass is 16.2. The van der Waals surface area contributed by atoms with Crippen molar-refractivity contribution in [2.24, 2.45) is 0 Å². The summed E-state index contributed by atoms with van der Waals surface area (Å²) >= 11 is 0. The molecule has 114 valence electrons. The Morgan fingerprint density at radius 1 is 1.40 bits per heavy atom. The minimum atomic E-state index is -0.286. The molecule has 0 aromatic rings. The van der Waals surface area contributed by atoms with Gasteiger partial charge in [-0.05, 0) is 25.8 Å². The van der Waals surface area contributed by atoms with Gasteiger partial charge in [0, 0.05) is 25.7 Å². The molecule has 1 atom stereocenters. The van der Waals surface area contributed by atoms with E-state index in [1.54, 1.807) is 0 Å². The van der Waals surface area contributed by atoms with Crippen LogP contribution in [-0.2, 0) is 9.59 Å². The van der Waals surface area contributed by atoms with Gasteiger partial charge in [-0.2, -0.15) is 0 Å². The molecule has 0 spiro atoms. The third kappa shape index (κ3) is 4.45. The summed E-state index contributed by atoms with van der Waals surface area (Å²) in [5.41, 5.74) is 0. The van der Waals surface area contributed by atoms with E-state index in [-0.39, 0.29) is 30.4 Å². The van der Waals surface area contributed by atoms with E-state index in [2.05, 4.69) is 27.8 Å². The summed E-state index contributed by atoms with van der Waals surface area (Å²) in [7, 11) is 0. The fourth-order valence-corrected chi connectivity index (χ4v) is 2.74. The van der Waals surface area contributed by atoms with Gasteiger partial charge < -0.3 is 15.5 Å². The average molecular weight is 282 g/mol. The number of piperidine rings is 1. The van der Waals surface area contributed by atoms with Gasteiger partial charge in [-0.1, -0.05) is 13.3 Å². The number of carbonyl (C=O) groups is 2. The molecule has 2 heterocycles. The van der Waals surface area contributed by atoms with Crippen LogP contribution in [0.25, 0.3) is 0 Å². The minimum absolute atomic E-state index is 0.0111. The SMILES string of the molecule is CCCCN1CCC(NC(=O)C2CNC(=O)CN2)CC1. The number of hydrogen-bond donors (Lipinski definition) is 3. The monoisotopic (exact) mass is 282 g/mol. The van der Waals surface area contributed by atoms with Crippen LogP contribution in [0.3, 0.4) is 0 Å². The van der Waals surface area contributed by atoms with Crippen molar-refractivity contribution in [1.29, 1.82) is 0 Å². The van der Waals surface area contributed by atoms with Crippen LogP contribution in [0.4, 0.5) is 0 Å². The quantitative estimate of drug-likeness (QED) is 0.633. The van der Waals surface area contributed by atoms with Crippen molar-refractivity contribution in [2.45, 2.75) is 44.7 Å². The summed E-state index contributed by atoms with van der Waals surface area (Å²) in [4.78, 5) is 25.6. The van der Waals surface area contributed by atoms with Gasteiger partial charge in [0.2, 0.25) is 11.8 Å². The Bertz CT molecular complexity index is 330. The van der Waals surface area contributed by atoms with Crippen LogP contribution in [0, 0.1) is 0 Å². The maximum atomic E-state index is 12.1. The molecule has 2 fully saturated rings. The molecule has 0 bridgehead atoms. The number of nitrogens with one attached hydrogen (secondary N) is 3. The molecule has 6 nitrogen and oxygen atoms in total. The van der Waals surface area contributed by atoms with E-state index in [1.165, 1.54) is 19.4 Å². The van der Waals surface area contributed by atoms with Gasteiger partial charge in [-0.25, -0.2) is 0 Å². The molecule has 2 amide bonds. The molecule has 2 saturated heterocycles. The van der Waals surface area contributed by atoms with Crippen LogP contribution in [-0.4, -0.2) is 61.5 Å². The van der Waals surface area contributed by atoms with Crippen molar-refractivity contribution in [3.63, 3.8) is 0 Å². The zero-order valence-electron chi connectivity index (χ0n) is 12.3. The normalized spacial score (nSPS) is 25.2. The Balaban J connectivity index is 1.67. The van der Waals surface area contributed by atoms with Crippen molar-refractivity contribution >= 4 is 11.8 Å². The second-order valence-electron chi connectivity index (χ2n) is 5.72. The smallest absolute Gasteiger partial charge is 0.239 e. The largest absolute Gasteiger partial charge is 0.353 e. The minimum Gasteiger partial charge on any atom is -0.353 e. The third-order valence-electron chi connectivity index (χ3n) is 4.09. The molecule has 1 unspecified atom stereocenters. The van der Waals surface area contributed by atoms with Crippen molar-refractivity contribution in [3.05, 3.63) is 0 Å². The average Bonchev–Trinajstić information content (AvgIpc) is 2.47. The molecular weight excluding hydrogens is 256 g/mol. The lowest BCUT2D eigenvalue weighted by Crippen LogP contribution is -2.59. The zero-order valence-corrected chi connectivity index (χ0v) is 12.3. The summed E-state index contributed by atoms with van der Waals surface area (Å²) < 4.78 is 0. The van der Waals surface area contributed by atoms with Crippen molar-refractivity contribution in [2.75, 3.05) is 32.7 Å². The molecule has 0 aliphatic carbocycles. The number of nitrogens with zero attached hydrogens (tertiary/aromatic N) is 1. The van der Waals surface area contributed by atoms with Crippen LogP contribution in [0.15, 0.2) is 0 Å². The van der Waals surface area contributed by atoms with Crippen molar-refractivity contribution < 1.29 is 9.59 Å². The van der Waals surface area contributed by atoms with E-state index < -0.39 is 0 Å². The molecule has 3 N–H and O–H groups in total. The maximum Gasteiger partial charge on any atom is 0.239 e. The second-order valence-corrected chi connectivity index (χ2v) is 5.72. The van der Waals surface area contributed by atoms with Crippen LogP contribution in [0.5, 0.6) is 0 Å². The number of hydrogen-bond acceptors (Lipinski definition) is 4. The number of likely N-dealkylation sites (tertiary alicyclic amines) is 1. The Kier molecular flexibility index (Phi) is 5.79. The van der Waals surface area contributed by atoms with Gasteiger partial charge >= 0.3 is 0 Å². The van der Waals surface area contributed by atoms with Crippen LogP contribution < -0.4 is 16.0 Å². The predicted octanol–water partition coefficient (Wildman–Crippen LogP) is -0.545. The highest BCUT2D eigenvalue weighted by Crippen LogP contribution is 2.11. The molecule has 6 heteroatoms. The van der Waals surface area contributed by atoms with Crippen molar-refractivity contribution in [3.8, 4) is 0 Å². The molecule has 2 aliphatic rings. The molecular formula is C14H26N4O2. The first kappa shape index (κ1) is 15.3.